The maximum atomic E-state index is 14.6. The first-order valence-electron chi connectivity index (χ1n) is 8.88. The van der Waals surface area contributed by atoms with Gasteiger partial charge in [0.05, 0.1) is 18.7 Å². The van der Waals surface area contributed by atoms with Crippen molar-refractivity contribution >= 4 is 11.9 Å². The lowest BCUT2D eigenvalue weighted by molar-refractivity contribution is 0.0596. The van der Waals surface area contributed by atoms with Crippen LogP contribution in [0, 0.1) is 23.0 Å². The van der Waals surface area contributed by atoms with Crippen LogP contribution in [0.1, 0.15) is 31.8 Å². The Morgan fingerprint density at radius 1 is 1.03 bits per heavy atom. The molecule has 7 heteroatoms. The fraction of sp³-hybridized carbons (Fsp3) is 0.0870. The number of nitrogens with zero attached hydrogens (tertiary/aromatic N) is 1. The zero-order valence-corrected chi connectivity index (χ0v) is 15.9. The lowest BCUT2D eigenvalue weighted by Crippen LogP contribution is -2.23. The smallest absolute Gasteiger partial charge is 0.341 e. The summed E-state index contributed by atoms with van der Waals surface area (Å²) in [4.78, 5) is 24.2. The summed E-state index contributed by atoms with van der Waals surface area (Å²) in [6.07, 6.45) is 0. The van der Waals surface area contributed by atoms with Gasteiger partial charge in [0.25, 0.3) is 5.91 Å². The Hall–Kier alpha value is -4.05. The number of esters is 1. The van der Waals surface area contributed by atoms with Gasteiger partial charge in [-0.25, -0.2) is 13.6 Å². The van der Waals surface area contributed by atoms with E-state index in [1.54, 1.807) is 18.2 Å². The van der Waals surface area contributed by atoms with Gasteiger partial charge in [0.2, 0.25) is 0 Å². The van der Waals surface area contributed by atoms with Crippen LogP contribution in [0.25, 0.3) is 11.1 Å². The van der Waals surface area contributed by atoms with Crippen molar-refractivity contribution in [3.8, 4) is 17.2 Å². The molecule has 0 aliphatic rings. The number of halogens is 2. The van der Waals surface area contributed by atoms with Crippen molar-refractivity contribution in [1.29, 1.82) is 5.26 Å². The molecule has 150 valence electrons. The van der Waals surface area contributed by atoms with Gasteiger partial charge < -0.3 is 10.1 Å². The Morgan fingerprint density at radius 3 is 2.50 bits per heavy atom. The molecule has 0 aliphatic carbocycles. The van der Waals surface area contributed by atoms with E-state index in [0.29, 0.717) is 11.1 Å². The first kappa shape index (κ1) is 20.7. The van der Waals surface area contributed by atoms with Crippen molar-refractivity contribution in [1.82, 2.24) is 5.32 Å². The van der Waals surface area contributed by atoms with Crippen molar-refractivity contribution < 1.29 is 23.1 Å². The summed E-state index contributed by atoms with van der Waals surface area (Å²) in [6.45, 7) is -0.0886. The SMILES string of the molecule is COC(=O)c1c(F)cccc1-c1ccc(CNC(=O)c2cccc(C#N)c2)c(F)c1. The van der Waals surface area contributed by atoms with Crippen LogP contribution in [0.2, 0.25) is 0 Å². The van der Waals surface area contributed by atoms with E-state index >= 15 is 0 Å². The Kier molecular flexibility index (Phi) is 6.18. The maximum absolute atomic E-state index is 14.6. The maximum Gasteiger partial charge on any atom is 0.341 e. The van der Waals surface area contributed by atoms with Crippen molar-refractivity contribution in [3.63, 3.8) is 0 Å². The molecule has 1 N–H and O–H groups in total. The van der Waals surface area contributed by atoms with E-state index < -0.39 is 23.5 Å². The van der Waals surface area contributed by atoms with Crippen LogP contribution >= 0.6 is 0 Å². The third-order valence-electron chi connectivity index (χ3n) is 4.46. The van der Waals surface area contributed by atoms with Gasteiger partial charge in [-0.3, -0.25) is 4.79 Å². The van der Waals surface area contributed by atoms with Crippen LogP contribution < -0.4 is 5.32 Å². The minimum absolute atomic E-state index is 0.0886. The van der Waals surface area contributed by atoms with Gasteiger partial charge >= 0.3 is 5.97 Å². The highest BCUT2D eigenvalue weighted by atomic mass is 19.1. The number of benzene rings is 3. The van der Waals surface area contributed by atoms with Crippen molar-refractivity contribution in [2.24, 2.45) is 0 Å². The molecule has 0 heterocycles. The molecule has 0 fully saturated rings. The van der Waals surface area contributed by atoms with Crippen LogP contribution in [-0.2, 0) is 11.3 Å². The summed E-state index contributed by atoms with van der Waals surface area (Å²) >= 11 is 0. The minimum Gasteiger partial charge on any atom is -0.465 e. The van der Waals surface area contributed by atoms with E-state index in [1.807, 2.05) is 6.07 Å². The summed E-state index contributed by atoms with van der Waals surface area (Å²) in [7, 11) is 1.14. The molecule has 0 aromatic heterocycles. The number of hydrogen-bond donors (Lipinski definition) is 1. The third-order valence-corrected chi connectivity index (χ3v) is 4.46. The zero-order valence-electron chi connectivity index (χ0n) is 15.9. The number of hydrogen-bond acceptors (Lipinski definition) is 4. The second-order valence-electron chi connectivity index (χ2n) is 6.34. The van der Waals surface area contributed by atoms with Gasteiger partial charge in [-0.15, -0.1) is 0 Å². The van der Waals surface area contributed by atoms with Gasteiger partial charge in [0.1, 0.15) is 17.2 Å². The molecule has 3 rings (SSSR count). The number of nitrogens with one attached hydrogen (secondary N) is 1. The van der Waals surface area contributed by atoms with Gasteiger partial charge in [-0.05, 0) is 41.5 Å². The summed E-state index contributed by atoms with van der Waals surface area (Å²) < 4.78 is 33.4. The number of amides is 1. The highest BCUT2D eigenvalue weighted by Gasteiger charge is 2.19. The van der Waals surface area contributed by atoms with E-state index in [0.717, 1.165) is 13.2 Å². The fourth-order valence-electron chi connectivity index (χ4n) is 2.94. The number of nitriles is 1. The van der Waals surface area contributed by atoms with E-state index in [2.05, 4.69) is 10.1 Å². The van der Waals surface area contributed by atoms with E-state index in [4.69, 9.17) is 5.26 Å². The second-order valence-corrected chi connectivity index (χ2v) is 6.34. The predicted octanol–water partition coefficient (Wildman–Crippen LogP) is 4.22. The van der Waals surface area contributed by atoms with Crippen molar-refractivity contribution in [2.75, 3.05) is 7.11 Å². The normalized spacial score (nSPS) is 10.2. The number of rotatable bonds is 5. The standard InChI is InChI=1S/C23H16F2N2O3/c1-30-23(29)21-18(6-3-7-19(21)24)15-8-9-17(20(25)11-15)13-27-22(28)16-5-2-4-14(10-16)12-26/h2-11H,13H2,1H3,(H,27,28). The number of carbonyl (C=O) groups excluding carboxylic acids is 2. The molecule has 1 amide bonds. The fourth-order valence-corrected chi connectivity index (χ4v) is 2.94. The lowest BCUT2D eigenvalue weighted by Gasteiger charge is -2.11. The highest BCUT2D eigenvalue weighted by molar-refractivity contribution is 5.97. The molecule has 0 aliphatic heterocycles. The number of carbonyl (C=O) groups is 2. The van der Waals surface area contributed by atoms with Crippen LogP contribution in [-0.4, -0.2) is 19.0 Å². The average Bonchev–Trinajstić information content (AvgIpc) is 2.77. The van der Waals surface area contributed by atoms with Crippen LogP contribution in [0.15, 0.2) is 60.7 Å². The Labute approximate surface area is 171 Å². The van der Waals surface area contributed by atoms with Crippen LogP contribution in [0.5, 0.6) is 0 Å². The van der Waals surface area contributed by atoms with Gasteiger partial charge in [-0.2, -0.15) is 5.26 Å². The summed E-state index contributed by atoms with van der Waals surface area (Å²) in [6, 6.07) is 16.3. The van der Waals surface area contributed by atoms with E-state index in [9.17, 15) is 18.4 Å². The molecule has 30 heavy (non-hydrogen) atoms. The Balaban J connectivity index is 1.81. The van der Waals surface area contributed by atoms with Gasteiger partial charge in [-0.1, -0.05) is 30.3 Å². The number of ether oxygens (including phenoxy) is 1. The monoisotopic (exact) mass is 406 g/mol. The summed E-state index contributed by atoms with van der Waals surface area (Å²) in [5.74, 6) is -2.71. The minimum atomic E-state index is -0.862. The molecular formula is C23H16F2N2O3. The second kappa shape index (κ2) is 8.97. The summed E-state index contributed by atoms with van der Waals surface area (Å²) in [5, 5.41) is 11.5. The molecule has 0 saturated carbocycles. The molecule has 3 aromatic rings. The molecule has 0 unspecified atom stereocenters. The molecule has 0 saturated heterocycles. The quantitative estimate of drug-likeness (QED) is 0.644. The molecule has 0 atom stereocenters. The lowest BCUT2D eigenvalue weighted by atomic mass is 9.98. The highest BCUT2D eigenvalue weighted by Crippen LogP contribution is 2.28. The van der Waals surface area contributed by atoms with Gasteiger partial charge in [0.15, 0.2) is 0 Å². The van der Waals surface area contributed by atoms with Crippen LogP contribution in [0.3, 0.4) is 0 Å². The van der Waals surface area contributed by atoms with Crippen LogP contribution in [0.4, 0.5) is 8.78 Å². The topological polar surface area (TPSA) is 79.2 Å². The molecule has 0 bridgehead atoms. The van der Waals surface area contributed by atoms with Crippen molar-refractivity contribution in [3.05, 3.63) is 94.6 Å². The summed E-state index contributed by atoms with van der Waals surface area (Å²) in [5.41, 5.74) is 1.05. The molecule has 3 aromatic carbocycles. The van der Waals surface area contributed by atoms with Gasteiger partial charge in [0, 0.05) is 17.7 Å². The predicted molar refractivity (Wildman–Crippen MR) is 105 cm³/mol. The van der Waals surface area contributed by atoms with Crippen molar-refractivity contribution in [2.45, 2.75) is 6.54 Å². The van der Waals surface area contributed by atoms with E-state index in [-0.39, 0.29) is 28.8 Å². The molecule has 0 spiro atoms. The largest absolute Gasteiger partial charge is 0.465 e. The molecule has 5 nitrogen and oxygen atoms in total. The Morgan fingerprint density at radius 2 is 1.80 bits per heavy atom. The Bertz CT molecular complexity index is 1170. The average molecular weight is 406 g/mol. The molecular weight excluding hydrogens is 390 g/mol. The first-order valence-corrected chi connectivity index (χ1v) is 8.88. The first-order chi connectivity index (χ1) is 14.4. The zero-order chi connectivity index (χ0) is 21.7. The third kappa shape index (κ3) is 4.33. The number of methoxy groups -OCH3 is 1. The van der Waals surface area contributed by atoms with E-state index in [1.165, 1.54) is 36.4 Å². The molecule has 0 radical (unpaired) electrons.